The molecule has 0 unspecified atom stereocenters. The molecule has 0 saturated heterocycles. The second kappa shape index (κ2) is 8.32. The van der Waals surface area contributed by atoms with Crippen molar-refractivity contribution in [2.45, 2.75) is 4.90 Å². The molecule has 0 fully saturated rings. The van der Waals surface area contributed by atoms with Crippen molar-refractivity contribution in [2.75, 3.05) is 18.8 Å². The number of benzene rings is 3. The SMILES string of the molecule is CN(C)C(=O)c1ccc(S(=O)(=O)Nc2ccc(-c3ccccc3)cc2I)cc1. The first-order valence-corrected chi connectivity index (χ1v) is 11.0. The number of carbonyl (C=O) groups is 1. The maximum absolute atomic E-state index is 12.7. The van der Waals surface area contributed by atoms with Crippen LogP contribution in [0.5, 0.6) is 0 Å². The summed E-state index contributed by atoms with van der Waals surface area (Å²) < 4.78 is 28.8. The van der Waals surface area contributed by atoms with Gasteiger partial charge in [-0.3, -0.25) is 9.52 Å². The first-order valence-electron chi connectivity index (χ1n) is 8.47. The smallest absolute Gasteiger partial charge is 0.261 e. The minimum Gasteiger partial charge on any atom is -0.345 e. The molecule has 0 aliphatic heterocycles. The predicted molar refractivity (Wildman–Crippen MR) is 120 cm³/mol. The Hall–Kier alpha value is -2.39. The van der Waals surface area contributed by atoms with Gasteiger partial charge in [-0.1, -0.05) is 36.4 Å². The van der Waals surface area contributed by atoms with E-state index < -0.39 is 10.0 Å². The molecule has 0 radical (unpaired) electrons. The maximum atomic E-state index is 12.7. The monoisotopic (exact) mass is 506 g/mol. The Labute approximate surface area is 178 Å². The van der Waals surface area contributed by atoms with Crippen LogP contribution in [-0.4, -0.2) is 33.3 Å². The number of halogens is 1. The molecule has 0 bridgehead atoms. The zero-order valence-corrected chi connectivity index (χ0v) is 18.4. The second-order valence-corrected chi connectivity index (χ2v) is 9.23. The molecule has 3 aromatic carbocycles. The molecule has 0 spiro atoms. The average molecular weight is 506 g/mol. The zero-order valence-electron chi connectivity index (χ0n) is 15.4. The van der Waals surface area contributed by atoms with Crippen LogP contribution in [-0.2, 0) is 10.0 Å². The normalized spacial score (nSPS) is 11.1. The van der Waals surface area contributed by atoms with Gasteiger partial charge in [0.15, 0.2) is 0 Å². The minimum atomic E-state index is -3.76. The van der Waals surface area contributed by atoms with Gasteiger partial charge < -0.3 is 4.90 Å². The first-order chi connectivity index (χ1) is 13.3. The first kappa shape index (κ1) is 20.3. The summed E-state index contributed by atoms with van der Waals surface area (Å²) in [5.41, 5.74) is 3.02. The Balaban J connectivity index is 1.83. The van der Waals surface area contributed by atoms with Crippen molar-refractivity contribution >= 4 is 44.2 Å². The molecule has 0 saturated carbocycles. The third kappa shape index (κ3) is 4.53. The molecule has 1 amide bonds. The van der Waals surface area contributed by atoms with Crippen molar-refractivity contribution < 1.29 is 13.2 Å². The molecule has 1 N–H and O–H groups in total. The van der Waals surface area contributed by atoms with Gasteiger partial charge in [-0.25, -0.2) is 8.42 Å². The van der Waals surface area contributed by atoms with E-state index in [1.54, 1.807) is 20.2 Å². The van der Waals surface area contributed by atoms with Gasteiger partial charge in [-0.2, -0.15) is 0 Å². The number of anilines is 1. The van der Waals surface area contributed by atoms with Gasteiger partial charge in [0.05, 0.1) is 10.6 Å². The fourth-order valence-corrected chi connectivity index (χ4v) is 4.56. The van der Waals surface area contributed by atoms with Crippen LogP contribution in [0.25, 0.3) is 11.1 Å². The van der Waals surface area contributed by atoms with Gasteiger partial charge in [-0.05, 0) is 70.1 Å². The third-order valence-corrected chi connectivity index (χ3v) is 6.41. The molecule has 0 atom stereocenters. The number of carbonyl (C=O) groups excluding carboxylic acids is 1. The van der Waals surface area contributed by atoms with Crippen LogP contribution in [0.1, 0.15) is 10.4 Å². The Bertz CT molecular complexity index is 1100. The Morgan fingerprint density at radius 2 is 1.54 bits per heavy atom. The average Bonchev–Trinajstić information content (AvgIpc) is 2.69. The molecule has 144 valence electrons. The molecule has 28 heavy (non-hydrogen) atoms. The number of rotatable bonds is 5. The zero-order chi connectivity index (χ0) is 20.3. The van der Waals surface area contributed by atoms with Crippen LogP contribution >= 0.6 is 22.6 Å². The summed E-state index contributed by atoms with van der Waals surface area (Å²) in [6.45, 7) is 0. The lowest BCUT2D eigenvalue weighted by molar-refractivity contribution is 0.0827. The van der Waals surface area contributed by atoms with Crippen LogP contribution in [0, 0.1) is 3.57 Å². The number of amides is 1. The van der Waals surface area contributed by atoms with Crippen LogP contribution in [0.2, 0.25) is 0 Å². The van der Waals surface area contributed by atoms with Crippen molar-refractivity contribution in [2.24, 2.45) is 0 Å². The van der Waals surface area contributed by atoms with E-state index in [0.29, 0.717) is 11.3 Å². The van der Waals surface area contributed by atoms with Crippen LogP contribution in [0.3, 0.4) is 0 Å². The molecule has 3 aromatic rings. The Morgan fingerprint density at radius 1 is 0.893 bits per heavy atom. The summed E-state index contributed by atoms with van der Waals surface area (Å²) in [4.78, 5) is 13.5. The van der Waals surface area contributed by atoms with Crippen LogP contribution < -0.4 is 4.72 Å². The lowest BCUT2D eigenvalue weighted by Gasteiger charge is -2.13. The molecule has 0 aliphatic carbocycles. The number of hydrogen-bond donors (Lipinski definition) is 1. The van der Waals surface area contributed by atoms with E-state index >= 15 is 0 Å². The largest absolute Gasteiger partial charge is 0.345 e. The van der Waals surface area contributed by atoms with Crippen molar-refractivity contribution in [3.05, 3.63) is 81.9 Å². The topological polar surface area (TPSA) is 66.5 Å². The lowest BCUT2D eigenvalue weighted by atomic mass is 10.1. The highest BCUT2D eigenvalue weighted by Gasteiger charge is 2.17. The molecule has 3 rings (SSSR count). The van der Waals surface area contributed by atoms with Crippen molar-refractivity contribution in [1.29, 1.82) is 0 Å². The second-order valence-electron chi connectivity index (χ2n) is 6.39. The number of hydrogen-bond acceptors (Lipinski definition) is 3. The van der Waals surface area contributed by atoms with E-state index in [9.17, 15) is 13.2 Å². The molecular weight excluding hydrogens is 487 g/mol. The van der Waals surface area contributed by atoms with Gasteiger partial charge in [0.1, 0.15) is 0 Å². The summed E-state index contributed by atoms with van der Waals surface area (Å²) in [6, 6.07) is 21.4. The predicted octanol–water partition coefficient (Wildman–Crippen LogP) is 4.46. The molecule has 7 heteroatoms. The summed E-state index contributed by atoms with van der Waals surface area (Å²) in [6.07, 6.45) is 0. The maximum Gasteiger partial charge on any atom is 0.261 e. The van der Waals surface area contributed by atoms with Crippen molar-refractivity contribution in [3.63, 3.8) is 0 Å². The number of sulfonamides is 1. The number of nitrogens with one attached hydrogen (secondary N) is 1. The van der Waals surface area contributed by atoms with Crippen LogP contribution in [0.4, 0.5) is 5.69 Å². The molecule has 5 nitrogen and oxygen atoms in total. The lowest BCUT2D eigenvalue weighted by Crippen LogP contribution is -2.21. The molecule has 0 aromatic heterocycles. The number of nitrogens with zero attached hydrogens (tertiary/aromatic N) is 1. The van der Waals surface area contributed by atoms with E-state index in [4.69, 9.17) is 0 Å². The fourth-order valence-electron chi connectivity index (χ4n) is 2.65. The van der Waals surface area contributed by atoms with E-state index in [0.717, 1.165) is 14.7 Å². The molecular formula is C21H19IN2O3S. The van der Waals surface area contributed by atoms with Gasteiger partial charge in [-0.15, -0.1) is 0 Å². The summed E-state index contributed by atoms with van der Waals surface area (Å²) in [5, 5.41) is 0. The highest BCUT2D eigenvalue weighted by molar-refractivity contribution is 14.1. The summed E-state index contributed by atoms with van der Waals surface area (Å²) >= 11 is 2.12. The fraction of sp³-hybridized carbons (Fsp3) is 0.0952. The van der Waals surface area contributed by atoms with Gasteiger partial charge in [0, 0.05) is 23.2 Å². The molecule has 0 aliphatic rings. The van der Waals surface area contributed by atoms with E-state index in [1.807, 2.05) is 42.5 Å². The van der Waals surface area contributed by atoms with E-state index in [2.05, 4.69) is 27.3 Å². The molecule has 0 heterocycles. The highest BCUT2D eigenvalue weighted by Crippen LogP contribution is 2.28. The third-order valence-electron chi connectivity index (χ3n) is 4.14. The standard InChI is InChI=1S/C21H19IN2O3S/c1-24(2)21(25)16-8-11-18(12-9-16)28(26,27)23-20-13-10-17(14-19(20)22)15-6-4-3-5-7-15/h3-14,23H,1-2H3. The van der Waals surface area contributed by atoms with E-state index in [1.165, 1.54) is 29.2 Å². The van der Waals surface area contributed by atoms with Gasteiger partial charge in [0.25, 0.3) is 15.9 Å². The van der Waals surface area contributed by atoms with E-state index in [-0.39, 0.29) is 10.8 Å². The highest BCUT2D eigenvalue weighted by atomic mass is 127. The van der Waals surface area contributed by atoms with Crippen LogP contribution in [0.15, 0.2) is 77.7 Å². The Morgan fingerprint density at radius 3 is 2.11 bits per heavy atom. The summed E-state index contributed by atoms with van der Waals surface area (Å²) in [7, 11) is -0.459. The van der Waals surface area contributed by atoms with Gasteiger partial charge >= 0.3 is 0 Å². The quantitative estimate of drug-likeness (QED) is 0.520. The van der Waals surface area contributed by atoms with Gasteiger partial charge in [0.2, 0.25) is 0 Å². The van der Waals surface area contributed by atoms with Crippen molar-refractivity contribution in [3.8, 4) is 11.1 Å². The Kier molecular flexibility index (Phi) is 6.04. The summed E-state index contributed by atoms with van der Waals surface area (Å²) in [5.74, 6) is -0.178. The van der Waals surface area contributed by atoms with Crippen molar-refractivity contribution in [1.82, 2.24) is 4.90 Å². The minimum absolute atomic E-state index is 0.103.